The van der Waals surface area contributed by atoms with Gasteiger partial charge in [-0.1, -0.05) is 93.8 Å². The van der Waals surface area contributed by atoms with E-state index in [9.17, 15) is 0 Å². The highest BCUT2D eigenvalue weighted by Gasteiger charge is 2.33. The van der Waals surface area contributed by atoms with Gasteiger partial charge in [0, 0.05) is 18.1 Å². The van der Waals surface area contributed by atoms with Gasteiger partial charge in [-0.15, -0.1) is 0 Å². The number of benzene rings is 1. The molecule has 0 unspecified atom stereocenters. The average molecular weight is 393 g/mol. The Morgan fingerprint density at radius 2 is 2.12 bits per heavy atom. The van der Waals surface area contributed by atoms with Gasteiger partial charge in [-0.2, -0.15) is 0 Å². The van der Waals surface area contributed by atoms with Crippen molar-refractivity contribution < 1.29 is 0 Å². The van der Waals surface area contributed by atoms with Gasteiger partial charge in [0.2, 0.25) is 0 Å². The predicted octanol–water partition coefficient (Wildman–Crippen LogP) is 6.47. The molecule has 1 aliphatic rings. The van der Waals surface area contributed by atoms with Crippen molar-refractivity contribution in [3.63, 3.8) is 0 Å². The molecule has 2 rings (SSSR count). The van der Waals surface area contributed by atoms with Crippen LogP contribution in [0.4, 0.5) is 5.69 Å². The summed E-state index contributed by atoms with van der Waals surface area (Å²) in [4.78, 5) is 7.25. The van der Waals surface area contributed by atoms with Crippen molar-refractivity contribution in [3.8, 4) is 0 Å². The third-order valence-electron chi connectivity index (χ3n) is 3.94. The topological polar surface area (TPSA) is 15.6 Å². The molecule has 0 saturated carbocycles. The Balaban J connectivity index is 2.31. The van der Waals surface area contributed by atoms with Crippen LogP contribution in [-0.4, -0.2) is 32.4 Å². The molecule has 0 atom stereocenters. The van der Waals surface area contributed by atoms with E-state index in [1.165, 1.54) is 5.56 Å². The number of hydrogen-bond donors (Lipinski definition) is 0. The molecule has 1 aromatic rings. The Morgan fingerprint density at radius 1 is 1.40 bits per heavy atom. The van der Waals surface area contributed by atoms with Gasteiger partial charge in [-0.3, -0.25) is 0 Å². The van der Waals surface area contributed by atoms with E-state index in [1.807, 2.05) is 18.7 Å². The lowest BCUT2D eigenvalue weighted by Crippen LogP contribution is -2.45. The van der Waals surface area contributed by atoms with Crippen molar-refractivity contribution in [1.29, 1.82) is 0 Å². The van der Waals surface area contributed by atoms with E-state index in [0.29, 0.717) is 5.92 Å². The van der Waals surface area contributed by atoms with E-state index < -0.39 is 0 Å². The molecule has 1 saturated heterocycles. The monoisotopic (exact) mass is 392 g/mol. The maximum Gasteiger partial charge on any atom is 0.169 e. The fourth-order valence-corrected chi connectivity index (χ4v) is 4.88. The minimum Gasteiger partial charge on any atom is -0.306 e. The number of amidine groups is 1. The highest BCUT2D eigenvalue weighted by Crippen LogP contribution is 2.35. The number of thiocarbonyl (C=S) groups is 1. The number of para-hydroxylation sites is 1. The Bertz CT molecular complexity index is 663. The highest BCUT2D eigenvalue weighted by atomic mass is 32.2. The Kier molecular flexibility index (Phi) is 7.59. The van der Waals surface area contributed by atoms with Crippen LogP contribution in [0.2, 0.25) is 0 Å². The maximum absolute atomic E-state index is 5.73. The molecule has 0 radical (unpaired) electrons. The molecule has 1 aromatic carbocycles. The number of allylic oxidation sites excluding steroid dienone is 1. The van der Waals surface area contributed by atoms with Crippen LogP contribution in [0.5, 0.6) is 0 Å². The van der Waals surface area contributed by atoms with Crippen molar-refractivity contribution >= 4 is 50.9 Å². The zero-order valence-corrected chi connectivity index (χ0v) is 18.2. The number of thioether (sulfide) groups is 2. The van der Waals surface area contributed by atoms with Crippen molar-refractivity contribution in [2.45, 2.75) is 40.5 Å². The average Bonchev–Trinajstić information content (AvgIpc) is 2.56. The number of rotatable bonds is 4. The summed E-state index contributed by atoms with van der Waals surface area (Å²) in [6.07, 6.45) is 4.21. The van der Waals surface area contributed by atoms with Crippen LogP contribution in [0.15, 0.2) is 41.4 Å². The van der Waals surface area contributed by atoms with Crippen LogP contribution in [0.25, 0.3) is 0 Å². The first-order valence-electron chi connectivity index (χ1n) is 8.70. The van der Waals surface area contributed by atoms with E-state index in [1.54, 1.807) is 11.8 Å². The van der Waals surface area contributed by atoms with E-state index >= 15 is 0 Å². The van der Waals surface area contributed by atoms with Gasteiger partial charge in [0.05, 0.1) is 5.69 Å². The molecule has 2 nitrogen and oxygen atoms in total. The molecule has 25 heavy (non-hydrogen) atoms. The Labute approximate surface area is 166 Å². The predicted molar refractivity (Wildman–Crippen MR) is 120 cm³/mol. The van der Waals surface area contributed by atoms with Gasteiger partial charge >= 0.3 is 0 Å². The molecule has 0 amide bonds. The summed E-state index contributed by atoms with van der Waals surface area (Å²) in [5.41, 5.74) is 2.57. The minimum atomic E-state index is 0.229. The zero-order chi connectivity index (χ0) is 18.4. The summed E-state index contributed by atoms with van der Waals surface area (Å²) in [5.74, 6) is 2.43. The second kappa shape index (κ2) is 9.24. The number of nitrogens with zero attached hydrogens (tertiary/aromatic N) is 2. The van der Waals surface area contributed by atoms with Crippen LogP contribution in [-0.2, 0) is 0 Å². The second-order valence-electron chi connectivity index (χ2n) is 7.29. The van der Waals surface area contributed by atoms with Gasteiger partial charge in [0.25, 0.3) is 0 Å². The molecule has 136 valence electrons. The standard InChI is InChI=1S/C20H28N2S3/c1-6-7-12-24-19(23)22-13-20(4,5)14-25-18(22)21-17-11-9-8-10-16(17)15(2)3/h6-11,15H,12-14H2,1-5H3/b7-6+,21-18?. The van der Waals surface area contributed by atoms with Crippen LogP contribution in [0.3, 0.4) is 0 Å². The number of hydrogen-bond acceptors (Lipinski definition) is 4. The fourth-order valence-electron chi connectivity index (χ4n) is 2.59. The van der Waals surface area contributed by atoms with Crippen molar-refractivity contribution in [2.24, 2.45) is 10.4 Å². The summed E-state index contributed by atoms with van der Waals surface area (Å²) in [5, 5.41) is 1.03. The first kappa shape index (κ1) is 20.5. The molecular formula is C20H28N2S3. The second-order valence-corrected chi connectivity index (χ2v) is 9.89. The Hall–Kier alpha value is -0.780. The first-order chi connectivity index (χ1) is 11.8. The van der Waals surface area contributed by atoms with Crippen molar-refractivity contribution in [3.05, 3.63) is 42.0 Å². The molecule has 0 spiro atoms. The molecule has 1 heterocycles. The smallest absolute Gasteiger partial charge is 0.169 e. The first-order valence-corrected chi connectivity index (χ1v) is 11.1. The number of aliphatic imine (C=N–C) groups is 1. The van der Waals surface area contributed by atoms with Gasteiger partial charge in [0.1, 0.15) is 4.32 Å². The lowest BCUT2D eigenvalue weighted by Gasteiger charge is -2.39. The molecule has 0 N–H and O–H groups in total. The molecular weight excluding hydrogens is 364 g/mol. The Morgan fingerprint density at radius 3 is 2.80 bits per heavy atom. The highest BCUT2D eigenvalue weighted by molar-refractivity contribution is 8.23. The van der Waals surface area contributed by atoms with Crippen LogP contribution < -0.4 is 0 Å². The van der Waals surface area contributed by atoms with Crippen LogP contribution in [0, 0.1) is 5.41 Å². The summed E-state index contributed by atoms with van der Waals surface area (Å²) >= 11 is 9.26. The largest absolute Gasteiger partial charge is 0.306 e. The lowest BCUT2D eigenvalue weighted by atomic mass is 9.96. The summed E-state index contributed by atoms with van der Waals surface area (Å²) in [6.45, 7) is 12.0. The van der Waals surface area contributed by atoms with Crippen LogP contribution >= 0.6 is 35.7 Å². The SMILES string of the molecule is C/C=C/CSC(=S)N1CC(C)(C)CSC1=Nc1ccccc1C(C)C. The van der Waals surface area contributed by atoms with E-state index in [-0.39, 0.29) is 5.41 Å². The van der Waals surface area contributed by atoms with Gasteiger partial charge < -0.3 is 4.90 Å². The van der Waals surface area contributed by atoms with Crippen LogP contribution in [0.1, 0.15) is 46.1 Å². The minimum absolute atomic E-state index is 0.229. The third-order valence-corrected chi connectivity index (χ3v) is 6.84. The molecule has 1 fully saturated rings. The van der Waals surface area contributed by atoms with Gasteiger partial charge in [0.15, 0.2) is 5.17 Å². The third kappa shape index (κ3) is 5.87. The van der Waals surface area contributed by atoms with Gasteiger partial charge in [-0.25, -0.2) is 4.99 Å². The molecule has 5 heteroatoms. The molecule has 0 aromatic heterocycles. The molecule has 0 aliphatic carbocycles. The summed E-state index contributed by atoms with van der Waals surface area (Å²) < 4.78 is 0.916. The van der Waals surface area contributed by atoms with E-state index in [4.69, 9.17) is 17.2 Å². The van der Waals surface area contributed by atoms with Crippen molar-refractivity contribution in [1.82, 2.24) is 4.90 Å². The van der Waals surface area contributed by atoms with E-state index in [0.717, 1.165) is 33.2 Å². The summed E-state index contributed by atoms with van der Waals surface area (Å²) in [6, 6.07) is 8.43. The maximum atomic E-state index is 5.73. The quantitative estimate of drug-likeness (QED) is 0.431. The molecule has 0 bridgehead atoms. The zero-order valence-electron chi connectivity index (χ0n) is 15.8. The van der Waals surface area contributed by atoms with E-state index in [2.05, 4.69) is 69.0 Å². The normalized spacial score (nSPS) is 19.1. The lowest BCUT2D eigenvalue weighted by molar-refractivity contribution is 0.348. The fraction of sp³-hybridized carbons (Fsp3) is 0.500. The van der Waals surface area contributed by atoms with Crippen molar-refractivity contribution in [2.75, 3.05) is 18.1 Å². The summed E-state index contributed by atoms with van der Waals surface area (Å²) in [7, 11) is 0. The van der Waals surface area contributed by atoms with Gasteiger partial charge in [-0.05, 0) is 29.9 Å². The molecule has 1 aliphatic heterocycles.